The van der Waals surface area contributed by atoms with Gasteiger partial charge in [-0.25, -0.2) is 0 Å². The van der Waals surface area contributed by atoms with Gasteiger partial charge in [0.2, 0.25) is 5.60 Å². The molecule has 0 aliphatic rings. The molecule has 0 saturated carbocycles. The van der Waals surface area contributed by atoms with Gasteiger partial charge in [0.1, 0.15) is 0 Å². The van der Waals surface area contributed by atoms with Crippen LogP contribution in [0.15, 0.2) is 12.3 Å². The van der Waals surface area contributed by atoms with E-state index in [0.29, 0.717) is 5.70 Å². The maximum absolute atomic E-state index is 12.6. The standard InChI is InChI=1S/C8H12F6O3Si/c1-5-18(15-3,16-4)17-6(2,7(9,10)11)8(12,13)14/h5H,1H2,2-4H3. The molecule has 0 saturated heterocycles. The van der Waals surface area contributed by atoms with Gasteiger partial charge >= 0.3 is 21.2 Å². The van der Waals surface area contributed by atoms with Gasteiger partial charge in [-0.1, -0.05) is 6.58 Å². The molecule has 0 aliphatic heterocycles. The average molecular weight is 298 g/mol. The Hall–Kier alpha value is -0.583. The van der Waals surface area contributed by atoms with Crippen LogP contribution in [0.4, 0.5) is 26.3 Å². The van der Waals surface area contributed by atoms with E-state index in [1.165, 1.54) is 0 Å². The van der Waals surface area contributed by atoms with Gasteiger partial charge in [-0.3, -0.25) is 0 Å². The van der Waals surface area contributed by atoms with E-state index < -0.39 is 26.8 Å². The Kier molecular flexibility index (Phi) is 5.02. The smallest absolute Gasteiger partial charge is 0.374 e. The third kappa shape index (κ3) is 3.05. The molecule has 10 heteroatoms. The fraction of sp³-hybridized carbons (Fsp3) is 0.750. The van der Waals surface area contributed by atoms with Crippen molar-refractivity contribution in [3.8, 4) is 0 Å². The highest BCUT2D eigenvalue weighted by Gasteiger charge is 2.72. The van der Waals surface area contributed by atoms with Crippen LogP contribution < -0.4 is 0 Å². The Bertz CT molecular complexity index is 282. The molecular weight excluding hydrogens is 286 g/mol. The third-order valence-electron chi connectivity index (χ3n) is 2.25. The highest BCUT2D eigenvalue weighted by atomic mass is 28.4. The zero-order valence-electron chi connectivity index (χ0n) is 9.78. The van der Waals surface area contributed by atoms with E-state index in [4.69, 9.17) is 0 Å². The molecule has 3 nitrogen and oxygen atoms in total. The van der Waals surface area contributed by atoms with Gasteiger partial charge in [0.25, 0.3) is 0 Å². The van der Waals surface area contributed by atoms with Crippen molar-refractivity contribution in [1.29, 1.82) is 0 Å². The van der Waals surface area contributed by atoms with Crippen molar-refractivity contribution in [3.63, 3.8) is 0 Å². The van der Waals surface area contributed by atoms with Crippen molar-refractivity contribution in [2.75, 3.05) is 14.2 Å². The molecule has 0 rings (SSSR count). The Balaban J connectivity index is 5.60. The zero-order valence-corrected chi connectivity index (χ0v) is 10.8. The summed E-state index contributed by atoms with van der Waals surface area (Å²) in [5.41, 5.74) is -3.71. The lowest BCUT2D eigenvalue weighted by Crippen LogP contribution is -2.63. The lowest BCUT2D eigenvalue weighted by molar-refractivity contribution is -0.359. The molecule has 0 bridgehead atoms. The lowest BCUT2D eigenvalue weighted by Gasteiger charge is -2.38. The quantitative estimate of drug-likeness (QED) is 0.577. The minimum Gasteiger partial charge on any atom is -0.374 e. The van der Waals surface area contributed by atoms with Crippen LogP contribution in [-0.4, -0.2) is 41.0 Å². The molecule has 0 N–H and O–H groups in total. The van der Waals surface area contributed by atoms with E-state index in [-0.39, 0.29) is 6.92 Å². The minimum atomic E-state index is -5.68. The Labute approximate surface area is 101 Å². The second-order valence-electron chi connectivity index (χ2n) is 3.35. The zero-order chi connectivity index (χ0) is 14.8. The van der Waals surface area contributed by atoms with E-state index in [0.717, 1.165) is 14.2 Å². The van der Waals surface area contributed by atoms with E-state index in [1.54, 1.807) is 0 Å². The summed E-state index contributed by atoms with van der Waals surface area (Å²) in [5.74, 6) is 0. The summed E-state index contributed by atoms with van der Waals surface area (Å²) >= 11 is 0. The monoisotopic (exact) mass is 298 g/mol. The van der Waals surface area contributed by atoms with Gasteiger partial charge < -0.3 is 13.3 Å². The van der Waals surface area contributed by atoms with Crippen LogP contribution in [0.1, 0.15) is 6.92 Å². The summed E-state index contributed by atoms with van der Waals surface area (Å²) in [4.78, 5) is 0. The highest BCUT2D eigenvalue weighted by Crippen LogP contribution is 2.47. The number of hydrogen-bond acceptors (Lipinski definition) is 3. The fourth-order valence-electron chi connectivity index (χ4n) is 0.936. The molecule has 108 valence electrons. The molecule has 0 fully saturated rings. The SMILES string of the molecule is C=C[Si](OC)(OC)OC(C)(C(F)(F)F)C(F)(F)F. The first-order chi connectivity index (χ1) is 7.89. The topological polar surface area (TPSA) is 27.7 Å². The maximum atomic E-state index is 12.6. The summed E-state index contributed by atoms with van der Waals surface area (Å²) in [7, 11) is -2.49. The number of hydrogen-bond donors (Lipinski definition) is 0. The van der Waals surface area contributed by atoms with Gasteiger partial charge in [0.05, 0.1) is 0 Å². The molecule has 0 aromatic heterocycles. The Morgan fingerprint density at radius 1 is 0.944 bits per heavy atom. The van der Waals surface area contributed by atoms with Crippen LogP contribution in [0.5, 0.6) is 0 Å². The van der Waals surface area contributed by atoms with Crippen LogP contribution >= 0.6 is 0 Å². The number of alkyl halides is 6. The van der Waals surface area contributed by atoms with Crippen LogP contribution in [0.25, 0.3) is 0 Å². The van der Waals surface area contributed by atoms with Crippen molar-refractivity contribution in [3.05, 3.63) is 12.3 Å². The van der Waals surface area contributed by atoms with E-state index >= 15 is 0 Å². The minimum absolute atomic E-state index is 0.129. The van der Waals surface area contributed by atoms with Crippen LogP contribution in [-0.2, 0) is 13.3 Å². The largest absolute Gasteiger partial charge is 0.529 e. The molecule has 0 amide bonds. The average Bonchev–Trinajstić information content (AvgIpc) is 2.23. The molecule has 0 spiro atoms. The summed E-state index contributed by atoms with van der Waals surface area (Å²) < 4.78 is 88.6. The van der Waals surface area contributed by atoms with E-state index in [1.807, 2.05) is 0 Å². The maximum Gasteiger partial charge on any atom is 0.529 e. The molecule has 0 atom stereocenters. The number of halogens is 6. The normalized spacial score (nSPS) is 14.7. The third-order valence-corrected chi connectivity index (χ3v) is 4.58. The molecule has 0 radical (unpaired) electrons. The first-order valence-electron chi connectivity index (χ1n) is 4.46. The van der Waals surface area contributed by atoms with Crippen LogP contribution in [0.3, 0.4) is 0 Å². The fourth-order valence-corrected chi connectivity index (χ4v) is 2.49. The first kappa shape index (κ1) is 17.4. The van der Waals surface area contributed by atoms with Crippen molar-refractivity contribution in [2.45, 2.75) is 24.9 Å². The molecule has 0 aromatic rings. The summed E-state index contributed by atoms with van der Waals surface area (Å²) in [6.45, 7) is 2.95. The van der Waals surface area contributed by atoms with Gasteiger partial charge in [-0.05, 0) is 12.6 Å². The molecule has 0 aliphatic carbocycles. The molecule has 0 heterocycles. The Morgan fingerprint density at radius 2 is 1.28 bits per heavy atom. The van der Waals surface area contributed by atoms with Crippen molar-refractivity contribution < 1.29 is 39.6 Å². The van der Waals surface area contributed by atoms with E-state index in [9.17, 15) is 26.3 Å². The predicted octanol–water partition coefficient (Wildman–Crippen LogP) is 2.84. The lowest BCUT2D eigenvalue weighted by atomic mass is 10.1. The molecule has 18 heavy (non-hydrogen) atoms. The Morgan fingerprint density at radius 3 is 1.44 bits per heavy atom. The summed E-state index contributed by atoms with van der Waals surface area (Å²) in [6, 6.07) is 0. The van der Waals surface area contributed by atoms with Crippen molar-refractivity contribution in [1.82, 2.24) is 0 Å². The van der Waals surface area contributed by atoms with E-state index in [2.05, 4.69) is 19.9 Å². The summed E-state index contributed by atoms with van der Waals surface area (Å²) in [6.07, 6.45) is -11.4. The molecule has 0 aromatic carbocycles. The van der Waals surface area contributed by atoms with Crippen molar-refractivity contribution >= 4 is 8.80 Å². The highest BCUT2D eigenvalue weighted by molar-refractivity contribution is 6.66. The van der Waals surface area contributed by atoms with Crippen LogP contribution in [0.2, 0.25) is 0 Å². The summed E-state index contributed by atoms with van der Waals surface area (Å²) in [5, 5.41) is 0. The number of rotatable bonds is 5. The van der Waals surface area contributed by atoms with Gasteiger partial charge in [-0.15, -0.1) is 0 Å². The van der Waals surface area contributed by atoms with Gasteiger partial charge in [0, 0.05) is 14.2 Å². The first-order valence-corrected chi connectivity index (χ1v) is 6.27. The van der Waals surface area contributed by atoms with Gasteiger partial charge in [0.15, 0.2) is 0 Å². The molecule has 0 unspecified atom stereocenters. The molecular formula is C8H12F6O3Si. The predicted molar refractivity (Wildman–Crippen MR) is 51.6 cm³/mol. The van der Waals surface area contributed by atoms with Crippen molar-refractivity contribution in [2.24, 2.45) is 0 Å². The second-order valence-corrected chi connectivity index (χ2v) is 5.98. The second kappa shape index (κ2) is 5.19. The van der Waals surface area contributed by atoms with Gasteiger partial charge in [-0.2, -0.15) is 26.3 Å². The van der Waals surface area contributed by atoms with Crippen LogP contribution in [0, 0.1) is 0 Å².